The van der Waals surface area contributed by atoms with Crippen molar-refractivity contribution >= 4 is 11.6 Å². The molecule has 4 nitrogen and oxygen atoms in total. The Labute approximate surface area is 89.3 Å². The molecule has 4 heteroatoms. The molecule has 0 saturated heterocycles. The summed E-state index contributed by atoms with van der Waals surface area (Å²) in [5, 5.41) is 14.8. The first-order valence-electron chi connectivity index (χ1n) is 4.86. The van der Waals surface area contributed by atoms with Crippen LogP contribution in [0.2, 0.25) is 0 Å². The van der Waals surface area contributed by atoms with Crippen molar-refractivity contribution in [3.63, 3.8) is 0 Å². The van der Waals surface area contributed by atoms with Crippen molar-refractivity contribution in [2.24, 2.45) is 0 Å². The number of anilines is 1. The van der Waals surface area contributed by atoms with Crippen LogP contribution in [0.15, 0.2) is 24.3 Å². The summed E-state index contributed by atoms with van der Waals surface area (Å²) in [6.07, 6.45) is -0.480. The maximum absolute atomic E-state index is 11.2. The van der Waals surface area contributed by atoms with Gasteiger partial charge in [-0.2, -0.15) is 0 Å². The number of aliphatic hydroxyl groups is 1. The number of hydrogen-bond acceptors (Lipinski definition) is 3. The average Bonchev–Trinajstić information content (AvgIpc) is 2.18. The molecule has 1 rings (SSSR count). The Morgan fingerprint density at radius 3 is 2.47 bits per heavy atom. The average molecular weight is 208 g/mol. The highest BCUT2D eigenvalue weighted by molar-refractivity contribution is 5.92. The number of carbonyl (C=O) groups excluding carboxylic acids is 1. The van der Waals surface area contributed by atoms with Crippen LogP contribution in [-0.4, -0.2) is 24.6 Å². The van der Waals surface area contributed by atoms with Crippen molar-refractivity contribution in [2.75, 3.05) is 18.9 Å². The van der Waals surface area contributed by atoms with Gasteiger partial charge in [-0.1, -0.05) is 12.1 Å². The number of likely N-dealkylation sites (N-methyl/N-ethyl adjacent to an activating group) is 1. The Morgan fingerprint density at radius 2 is 2.00 bits per heavy atom. The Bertz CT molecular complexity index is 320. The van der Waals surface area contributed by atoms with Gasteiger partial charge in [0.05, 0.1) is 12.6 Å². The SMILES string of the molecule is CNCC(=O)Nc1ccc(C(C)O)cc1. The smallest absolute Gasteiger partial charge is 0.238 e. The topological polar surface area (TPSA) is 61.4 Å². The third-order valence-corrected chi connectivity index (χ3v) is 2.01. The molecular formula is C11H16N2O2. The van der Waals surface area contributed by atoms with E-state index in [0.29, 0.717) is 0 Å². The van der Waals surface area contributed by atoms with Gasteiger partial charge in [-0.25, -0.2) is 0 Å². The molecule has 1 aromatic rings. The number of benzene rings is 1. The highest BCUT2D eigenvalue weighted by atomic mass is 16.3. The standard InChI is InChI=1S/C11H16N2O2/c1-8(14)9-3-5-10(6-4-9)13-11(15)7-12-2/h3-6,8,12,14H,7H2,1-2H3,(H,13,15). The lowest BCUT2D eigenvalue weighted by Crippen LogP contribution is -2.24. The summed E-state index contributed by atoms with van der Waals surface area (Å²) in [7, 11) is 1.72. The van der Waals surface area contributed by atoms with Gasteiger partial charge >= 0.3 is 0 Å². The lowest BCUT2D eigenvalue weighted by Gasteiger charge is -2.07. The Morgan fingerprint density at radius 1 is 1.40 bits per heavy atom. The van der Waals surface area contributed by atoms with Crippen LogP contribution < -0.4 is 10.6 Å². The van der Waals surface area contributed by atoms with Crippen molar-refractivity contribution in [2.45, 2.75) is 13.0 Å². The zero-order valence-corrected chi connectivity index (χ0v) is 8.95. The summed E-state index contributed by atoms with van der Waals surface area (Å²) < 4.78 is 0. The fourth-order valence-electron chi connectivity index (χ4n) is 1.21. The monoisotopic (exact) mass is 208 g/mol. The van der Waals surface area contributed by atoms with Crippen LogP contribution >= 0.6 is 0 Å². The molecule has 0 fully saturated rings. The molecule has 1 atom stereocenters. The predicted octanol–water partition coefficient (Wildman–Crippen LogP) is 0.898. The highest BCUT2D eigenvalue weighted by Gasteiger charge is 2.02. The molecule has 0 saturated carbocycles. The van der Waals surface area contributed by atoms with Gasteiger partial charge in [0, 0.05) is 5.69 Å². The lowest BCUT2D eigenvalue weighted by atomic mass is 10.1. The Kier molecular flexibility index (Phi) is 4.27. The number of aliphatic hydroxyl groups excluding tert-OH is 1. The van der Waals surface area contributed by atoms with Crippen LogP contribution in [0, 0.1) is 0 Å². The molecule has 1 unspecified atom stereocenters. The number of hydrogen-bond donors (Lipinski definition) is 3. The van der Waals surface area contributed by atoms with Crippen molar-refractivity contribution < 1.29 is 9.90 Å². The van der Waals surface area contributed by atoms with E-state index in [1.165, 1.54) is 0 Å². The Balaban J connectivity index is 2.60. The predicted molar refractivity (Wildman–Crippen MR) is 59.6 cm³/mol. The number of nitrogens with one attached hydrogen (secondary N) is 2. The lowest BCUT2D eigenvalue weighted by molar-refractivity contribution is -0.115. The summed E-state index contributed by atoms with van der Waals surface area (Å²) in [4.78, 5) is 11.2. The minimum atomic E-state index is -0.480. The van der Waals surface area contributed by atoms with E-state index in [1.807, 2.05) is 0 Å². The number of amides is 1. The Hall–Kier alpha value is -1.39. The van der Waals surface area contributed by atoms with E-state index in [4.69, 9.17) is 0 Å². The second-order valence-electron chi connectivity index (χ2n) is 3.38. The van der Waals surface area contributed by atoms with Gasteiger partial charge in [0.15, 0.2) is 0 Å². The molecular weight excluding hydrogens is 192 g/mol. The maximum atomic E-state index is 11.2. The van der Waals surface area contributed by atoms with Gasteiger partial charge in [-0.15, -0.1) is 0 Å². The molecule has 1 aromatic carbocycles. The van der Waals surface area contributed by atoms with Crippen molar-refractivity contribution in [3.05, 3.63) is 29.8 Å². The van der Waals surface area contributed by atoms with E-state index in [-0.39, 0.29) is 12.5 Å². The molecule has 1 amide bonds. The zero-order valence-electron chi connectivity index (χ0n) is 8.95. The molecule has 0 aliphatic rings. The molecule has 0 radical (unpaired) electrons. The quantitative estimate of drug-likeness (QED) is 0.689. The molecule has 0 heterocycles. The first-order chi connectivity index (χ1) is 7.13. The summed E-state index contributed by atoms with van der Waals surface area (Å²) in [5.41, 5.74) is 1.57. The van der Waals surface area contributed by atoms with Gasteiger partial charge in [0.2, 0.25) is 5.91 Å². The van der Waals surface area contributed by atoms with Gasteiger partial charge in [-0.05, 0) is 31.7 Å². The molecule has 0 bridgehead atoms. The molecule has 0 spiro atoms. The van der Waals surface area contributed by atoms with Crippen LogP contribution in [-0.2, 0) is 4.79 Å². The minimum Gasteiger partial charge on any atom is -0.389 e. The van der Waals surface area contributed by atoms with Crippen molar-refractivity contribution in [1.82, 2.24) is 5.32 Å². The van der Waals surface area contributed by atoms with Crippen LogP contribution in [0.5, 0.6) is 0 Å². The van der Waals surface area contributed by atoms with E-state index in [0.717, 1.165) is 11.3 Å². The fourth-order valence-corrected chi connectivity index (χ4v) is 1.21. The third kappa shape index (κ3) is 3.69. The van der Waals surface area contributed by atoms with Gasteiger partial charge < -0.3 is 15.7 Å². The molecule has 82 valence electrons. The zero-order chi connectivity index (χ0) is 11.3. The second-order valence-corrected chi connectivity index (χ2v) is 3.38. The maximum Gasteiger partial charge on any atom is 0.238 e. The van der Waals surface area contributed by atoms with E-state index < -0.39 is 6.10 Å². The van der Waals surface area contributed by atoms with Crippen molar-refractivity contribution in [1.29, 1.82) is 0 Å². The molecule has 15 heavy (non-hydrogen) atoms. The van der Waals surface area contributed by atoms with Gasteiger partial charge in [0.1, 0.15) is 0 Å². The number of carbonyl (C=O) groups is 1. The fraction of sp³-hybridized carbons (Fsp3) is 0.364. The first kappa shape index (κ1) is 11.7. The normalized spacial score (nSPS) is 12.2. The van der Waals surface area contributed by atoms with E-state index in [9.17, 15) is 9.90 Å². The first-order valence-corrected chi connectivity index (χ1v) is 4.86. The van der Waals surface area contributed by atoms with E-state index >= 15 is 0 Å². The van der Waals surface area contributed by atoms with Crippen LogP contribution in [0.25, 0.3) is 0 Å². The summed E-state index contributed by atoms with van der Waals surface area (Å²) in [6, 6.07) is 7.13. The van der Waals surface area contributed by atoms with Crippen LogP contribution in [0.3, 0.4) is 0 Å². The summed E-state index contributed by atoms with van der Waals surface area (Å²) in [5.74, 6) is -0.0812. The molecule has 0 aliphatic carbocycles. The molecule has 3 N–H and O–H groups in total. The highest BCUT2D eigenvalue weighted by Crippen LogP contribution is 2.15. The molecule has 0 aliphatic heterocycles. The van der Waals surface area contributed by atoms with Crippen molar-refractivity contribution in [3.8, 4) is 0 Å². The van der Waals surface area contributed by atoms with Crippen LogP contribution in [0.1, 0.15) is 18.6 Å². The van der Waals surface area contributed by atoms with Gasteiger partial charge in [-0.3, -0.25) is 4.79 Å². The number of rotatable bonds is 4. The minimum absolute atomic E-state index is 0.0812. The second kappa shape index (κ2) is 5.48. The summed E-state index contributed by atoms with van der Waals surface area (Å²) in [6.45, 7) is 1.99. The van der Waals surface area contributed by atoms with Crippen LogP contribution in [0.4, 0.5) is 5.69 Å². The largest absolute Gasteiger partial charge is 0.389 e. The molecule has 0 aromatic heterocycles. The van der Waals surface area contributed by atoms with E-state index in [2.05, 4.69) is 10.6 Å². The van der Waals surface area contributed by atoms with E-state index in [1.54, 1.807) is 38.2 Å². The third-order valence-electron chi connectivity index (χ3n) is 2.01. The summed E-state index contributed by atoms with van der Waals surface area (Å²) >= 11 is 0. The van der Waals surface area contributed by atoms with Gasteiger partial charge in [0.25, 0.3) is 0 Å².